The topological polar surface area (TPSA) is 12.5 Å². The maximum Gasteiger partial charge on any atom is 0.122 e. The van der Waals surface area contributed by atoms with Gasteiger partial charge in [-0.3, -0.25) is 0 Å². The summed E-state index contributed by atoms with van der Waals surface area (Å²) in [6.07, 6.45) is 12.4. The van der Waals surface area contributed by atoms with Crippen LogP contribution in [0.3, 0.4) is 0 Å². The molecule has 0 radical (unpaired) electrons. The lowest BCUT2D eigenvalue weighted by atomic mass is 9.58. The number of para-hydroxylation sites is 1. The molecule has 0 heterocycles. The molecule has 25 heavy (non-hydrogen) atoms. The van der Waals surface area contributed by atoms with Gasteiger partial charge in [0.05, 0.1) is 7.11 Å². The van der Waals surface area contributed by atoms with E-state index >= 15 is 0 Å². The molecule has 0 N–H and O–H groups in total. The van der Waals surface area contributed by atoms with Gasteiger partial charge in [-0.2, -0.15) is 0 Å². The molecule has 2 unspecified atom stereocenters. The van der Waals surface area contributed by atoms with E-state index in [0.717, 1.165) is 11.7 Å². The number of ether oxygens (including phenoxy) is 1. The third kappa shape index (κ3) is 3.47. The first-order valence-corrected chi connectivity index (χ1v) is 10.4. The van der Waals surface area contributed by atoms with Gasteiger partial charge in [0.15, 0.2) is 0 Å². The second kappa shape index (κ2) is 7.70. The third-order valence-electron chi connectivity index (χ3n) is 7.67. The Kier molecular flexibility index (Phi) is 5.78. The summed E-state index contributed by atoms with van der Waals surface area (Å²) in [6.45, 7) is 6.22. The molecule has 0 bridgehead atoms. The number of rotatable bonds is 6. The van der Waals surface area contributed by atoms with Gasteiger partial charge in [0.25, 0.3) is 0 Å². The van der Waals surface area contributed by atoms with Crippen LogP contribution in [-0.2, 0) is 5.41 Å². The van der Waals surface area contributed by atoms with Crippen molar-refractivity contribution in [3.63, 3.8) is 0 Å². The van der Waals surface area contributed by atoms with E-state index in [1.807, 2.05) is 7.11 Å². The van der Waals surface area contributed by atoms with Crippen molar-refractivity contribution in [3.8, 4) is 5.75 Å². The Morgan fingerprint density at radius 3 is 2.44 bits per heavy atom. The van der Waals surface area contributed by atoms with Gasteiger partial charge in [0.2, 0.25) is 0 Å². The molecular formula is C23H37NO. The first kappa shape index (κ1) is 18.8. The minimum atomic E-state index is 0.141. The lowest BCUT2D eigenvalue weighted by molar-refractivity contribution is 0.0124. The minimum absolute atomic E-state index is 0.141. The Hall–Kier alpha value is -1.02. The van der Waals surface area contributed by atoms with Crippen LogP contribution in [0.4, 0.5) is 0 Å². The summed E-state index contributed by atoms with van der Waals surface area (Å²) in [5.41, 5.74) is 1.73. The van der Waals surface area contributed by atoms with Crippen molar-refractivity contribution in [2.24, 2.45) is 5.92 Å². The molecule has 0 amide bonds. The first-order valence-electron chi connectivity index (χ1n) is 10.4. The Morgan fingerprint density at radius 1 is 1.04 bits per heavy atom. The maximum absolute atomic E-state index is 5.76. The summed E-state index contributed by atoms with van der Waals surface area (Å²) in [5, 5.41) is 0. The Morgan fingerprint density at radius 2 is 1.72 bits per heavy atom. The molecule has 1 aromatic rings. The van der Waals surface area contributed by atoms with Crippen LogP contribution in [0.2, 0.25) is 0 Å². The second-order valence-corrected chi connectivity index (χ2v) is 8.87. The normalized spacial score (nSPS) is 30.8. The van der Waals surface area contributed by atoms with Crippen molar-refractivity contribution in [3.05, 3.63) is 29.8 Å². The van der Waals surface area contributed by atoms with Crippen LogP contribution in [0.25, 0.3) is 0 Å². The van der Waals surface area contributed by atoms with Crippen LogP contribution >= 0.6 is 0 Å². The SMILES string of the molecule is COc1ccccc1C1(C)CCCCC1(C)N(C)CCC1CCCC1. The lowest BCUT2D eigenvalue weighted by Crippen LogP contribution is -2.60. The standard InChI is InChI=1S/C23H37NO/c1-22(20-13-7-8-14-21(20)25-4)16-9-10-17-23(22,2)24(3)18-15-19-11-5-6-12-19/h7-8,13-14,19H,5-6,9-12,15-18H2,1-4H3. The Balaban J connectivity index is 1.84. The molecule has 2 saturated carbocycles. The summed E-state index contributed by atoms with van der Waals surface area (Å²) in [5.74, 6) is 2.02. The zero-order chi connectivity index (χ0) is 17.9. The average molecular weight is 344 g/mol. The maximum atomic E-state index is 5.76. The van der Waals surface area contributed by atoms with E-state index < -0.39 is 0 Å². The molecule has 2 nitrogen and oxygen atoms in total. The Bertz CT molecular complexity index is 565. The number of methoxy groups -OCH3 is 1. The second-order valence-electron chi connectivity index (χ2n) is 8.87. The molecule has 3 rings (SSSR count). The molecule has 0 spiro atoms. The quantitative estimate of drug-likeness (QED) is 0.647. The van der Waals surface area contributed by atoms with E-state index in [0.29, 0.717) is 0 Å². The van der Waals surface area contributed by atoms with Gasteiger partial charge in [0.1, 0.15) is 5.75 Å². The molecule has 0 aliphatic heterocycles. The van der Waals surface area contributed by atoms with Crippen molar-refractivity contribution >= 4 is 0 Å². The van der Waals surface area contributed by atoms with Gasteiger partial charge in [0, 0.05) is 16.5 Å². The molecule has 2 aliphatic carbocycles. The molecule has 2 atom stereocenters. The number of hydrogen-bond donors (Lipinski definition) is 0. The number of nitrogens with zero attached hydrogens (tertiary/aromatic N) is 1. The van der Waals surface area contributed by atoms with Gasteiger partial charge in [-0.05, 0) is 51.8 Å². The number of likely N-dealkylation sites (N-methyl/N-ethyl adjacent to an activating group) is 1. The average Bonchev–Trinajstić information content (AvgIpc) is 3.15. The highest BCUT2D eigenvalue weighted by Crippen LogP contribution is 2.51. The summed E-state index contributed by atoms with van der Waals surface area (Å²) in [7, 11) is 4.18. The number of hydrogen-bond acceptors (Lipinski definition) is 2. The third-order valence-corrected chi connectivity index (χ3v) is 7.67. The van der Waals surface area contributed by atoms with Crippen LogP contribution < -0.4 is 4.74 Å². The van der Waals surface area contributed by atoms with Crippen molar-refractivity contribution in [1.82, 2.24) is 4.90 Å². The van der Waals surface area contributed by atoms with Crippen LogP contribution in [0, 0.1) is 5.92 Å². The predicted molar refractivity (Wildman–Crippen MR) is 106 cm³/mol. The highest BCUT2D eigenvalue weighted by atomic mass is 16.5. The zero-order valence-electron chi connectivity index (χ0n) is 16.8. The smallest absolute Gasteiger partial charge is 0.122 e. The fourth-order valence-corrected chi connectivity index (χ4v) is 5.55. The monoisotopic (exact) mass is 343 g/mol. The Labute approximate surface area is 154 Å². The highest BCUT2D eigenvalue weighted by molar-refractivity contribution is 5.42. The predicted octanol–water partition coefficient (Wildman–Crippen LogP) is 5.80. The molecule has 0 aromatic heterocycles. The van der Waals surface area contributed by atoms with Crippen molar-refractivity contribution in [1.29, 1.82) is 0 Å². The van der Waals surface area contributed by atoms with E-state index in [1.54, 1.807) is 0 Å². The molecule has 2 heteroatoms. The highest BCUT2D eigenvalue weighted by Gasteiger charge is 2.50. The van der Waals surface area contributed by atoms with E-state index in [4.69, 9.17) is 4.74 Å². The summed E-state index contributed by atoms with van der Waals surface area (Å²) in [6, 6.07) is 8.70. The van der Waals surface area contributed by atoms with Gasteiger partial charge in [-0.15, -0.1) is 0 Å². The van der Waals surface area contributed by atoms with Gasteiger partial charge in [-0.25, -0.2) is 0 Å². The van der Waals surface area contributed by atoms with Crippen LogP contribution in [-0.4, -0.2) is 31.1 Å². The largest absolute Gasteiger partial charge is 0.496 e. The molecule has 2 fully saturated rings. The van der Waals surface area contributed by atoms with E-state index in [2.05, 4.69) is 50.1 Å². The van der Waals surface area contributed by atoms with Crippen LogP contribution in [0.5, 0.6) is 5.75 Å². The molecular weight excluding hydrogens is 306 g/mol. The van der Waals surface area contributed by atoms with Crippen LogP contribution in [0.15, 0.2) is 24.3 Å². The minimum Gasteiger partial charge on any atom is -0.496 e. The summed E-state index contributed by atoms with van der Waals surface area (Å²) in [4.78, 5) is 2.69. The van der Waals surface area contributed by atoms with Crippen molar-refractivity contribution < 1.29 is 4.74 Å². The summed E-state index contributed by atoms with van der Waals surface area (Å²) < 4.78 is 5.76. The fourth-order valence-electron chi connectivity index (χ4n) is 5.55. The lowest BCUT2D eigenvalue weighted by Gasteiger charge is -2.55. The fraction of sp³-hybridized carbons (Fsp3) is 0.739. The van der Waals surface area contributed by atoms with Gasteiger partial charge >= 0.3 is 0 Å². The van der Waals surface area contributed by atoms with E-state index in [1.165, 1.54) is 69.9 Å². The molecule has 2 aliphatic rings. The summed E-state index contributed by atoms with van der Waals surface area (Å²) >= 11 is 0. The van der Waals surface area contributed by atoms with Gasteiger partial charge < -0.3 is 9.64 Å². The van der Waals surface area contributed by atoms with Gasteiger partial charge in [-0.1, -0.05) is 63.6 Å². The van der Waals surface area contributed by atoms with E-state index in [-0.39, 0.29) is 11.0 Å². The molecule has 1 aromatic carbocycles. The van der Waals surface area contributed by atoms with Crippen LogP contribution in [0.1, 0.15) is 77.2 Å². The zero-order valence-corrected chi connectivity index (χ0v) is 16.8. The van der Waals surface area contributed by atoms with E-state index in [9.17, 15) is 0 Å². The molecule has 140 valence electrons. The number of benzene rings is 1. The van der Waals surface area contributed by atoms with Crippen molar-refractivity contribution in [2.75, 3.05) is 20.7 Å². The first-order chi connectivity index (χ1) is 12.0. The molecule has 0 saturated heterocycles. The van der Waals surface area contributed by atoms with Crippen molar-refractivity contribution in [2.45, 2.75) is 82.6 Å².